The fourth-order valence-corrected chi connectivity index (χ4v) is 2.21. The zero-order valence-corrected chi connectivity index (χ0v) is 17.1. The monoisotopic (exact) mass is 473 g/mol. The van der Waals surface area contributed by atoms with Crippen molar-refractivity contribution in [3.8, 4) is 0 Å². The minimum atomic E-state index is -2.98. The Morgan fingerprint density at radius 1 is 1.25 bits per heavy atom. The van der Waals surface area contributed by atoms with Gasteiger partial charge in [0, 0.05) is 26.4 Å². The number of ether oxygens (including phenoxy) is 1. The van der Waals surface area contributed by atoms with Crippen LogP contribution in [0.4, 0.5) is 4.39 Å². The lowest BCUT2D eigenvalue weighted by atomic mass is 10.1. The molecule has 2 N–H and O–H groups in total. The molecule has 0 heterocycles. The lowest BCUT2D eigenvalue weighted by Gasteiger charge is -2.12. The van der Waals surface area contributed by atoms with Crippen LogP contribution >= 0.6 is 24.0 Å². The van der Waals surface area contributed by atoms with E-state index in [4.69, 9.17) is 4.74 Å². The summed E-state index contributed by atoms with van der Waals surface area (Å²) in [6.07, 6.45) is 1.86. The smallest absolute Gasteiger partial charge is 0.191 e. The van der Waals surface area contributed by atoms with Gasteiger partial charge < -0.3 is 15.4 Å². The molecule has 1 rings (SSSR count). The Hall–Kier alpha value is -0.940. The van der Waals surface area contributed by atoms with Crippen LogP contribution in [0.2, 0.25) is 0 Å². The highest BCUT2D eigenvalue weighted by molar-refractivity contribution is 14.0. The van der Waals surface area contributed by atoms with E-state index >= 15 is 0 Å². The van der Waals surface area contributed by atoms with Crippen molar-refractivity contribution >= 4 is 39.8 Å². The standard InChI is InChI=1S/C15H24FN3O3S.HI/c1-17-15(19-8-9-22-10-11-23(2,20)21)18-7-6-13-4-3-5-14(16)12-13;/h3-5,12H,6-11H2,1-2H3,(H2,17,18,19);1H. The maximum atomic E-state index is 13.1. The molecule has 0 aromatic heterocycles. The van der Waals surface area contributed by atoms with E-state index in [1.807, 2.05) is 6.07 Å². The van der Waals surface area contributed by atoms with E-state index in [1.54, 1.807) is 13.1 Å². The van der Waals surface area contributed by atoms with Crippen LogP contribution in [0, 0.1) is 5.82 Å². The number of guanidine groups is 1. The molecule has 0 saturated carbocycles. The fourth-order valence-electron chi connectivity index (χ4n) is 1.79. The van der Waals surface area contributed by atoms with Gasteiger partial charge >= 0.3 is 0 Å². The van der Waals surface area contributed by atoms with Gasteiger partial charge in [0.2, 0.25) is 0 Å². The second kappa shape index (κ2) is 12.4. The van der Waals surface area contributed by atoms with Crippen molar-refractivity contribution in [3.63, 3.8) is 0 Å². The summed E-state index contributed by atoms with van der Waals surface area (Å²) in [7, 11) is -1.33. The zero-order chi connectivity index (χ0) is 17.1. The highest BCUT2D eigenvalue weighted by Crippen LogP contribution is 2.03. The molecule has 0 aliphatic rings. The van der Waals surface area contributed by atoms with Crippen LogP contribution in [0.1, 0.15) is 5.56 Å². The second-order valence-electron chi connectivity index (χ2n) is 5.05. The summed E-state index contributed by atoms with van der Waals surface area (Å²) >= 11 is 0. The van der Waals surface area contributed by atoms with Crippen LogP contribution < -0.4 is 10.6 Å². The molecule has 6 nitrogen and oxygen atoms in total. The number of aliphatic imine (C=N–C) groups is 1. The van der Waals surface area contributed by atoms with Gasteiger partial charge in [-0.05, 0) is 24.1 Å². The first-order valence-corrected chi connectivity index (χ1v) is 9.41. The van der Waals surface area contributed by atoms with E-state index in [0.717, 1.165) is 5.56 Å². The molecule has 0 unspecified atom stereocenters. The molecule has 0 spiro atoms. The Bertz CT molecular complexity index is 612. The van der Waals surface area contributed by atoms with Crippen molar-refractivity contribution in [2.75, 3.05) is 45.4 Å². The van der Waals surface area contributed by atoms with Gasteiger partial charge in [-0.2, -0.15) is 0 Å². The third-order valence-electron chi connectivity index (χ3n) is 2.96. The summed E-state index contributed by atoms with van der Waals surface area (Å²) in [5.74, 6) is 0.400. The SMILES string of the molecule is CN=C(NCCOCCS(C)(=O)=O)NCCc1cccc(F)c1.I. The van der Waals surface area contributed by atoms with E-state index in [1.165, 1.54) is 18.4 Å². The van der Waals surface area contributed by atoms with Gasteiger partial charge in [0.15, 0.2) is 5.96 Å². The lowest BCUT2D eigenvalue weighted by molar-refractivity contribution is 0.154. The minimum absolute atomic E-state index is 0. The maximum absolute atomic E-state index is 13.1. The first-order valence-electron chi connectivity index (χ1n) is 7.35. The molecule has 24 heavy (non-hydrogen) atoms. The third kappa shape index (κ3) is 11.6. The van der Waals surface area contributed by atoms with Crippen LogP contribution in [0.5, 0.6) is 0 Å². The number of rotatable bonds is 9. The van der Waals surface area contributed by atoms with Crippen LogP contribution in [-0.2, 0) is 21.0 Å². The van der Waals surface area contributed by atoms with Crippen LogP contribution in [0.3, 0.4) is 0 Å². The normalized spacial score (nSPS) is 11.7. The number of nitrogens with zero attached hydrogens (tertiary/aromatic N) is 1. The molecular formula is C15H25FIN3O3S. The average Bonchev–Trinajstić information content (AvgIpc) is 2.48. The van der Waals surface area contributed by atoms with E-state index < -0.39 is 9.84 Å². The summed E-state index contributed by atoms with van der Waals surface area (Å²) < 4.78 is 40.1. The molecule has 0 bridgehead atoms. The first-order chi connectivity index (χ1) is 10.9. The van der Waals surface area contributed by atoms with Crippen molar-refractivity contribution in [1.29, 1.82) is 0 Å². The van der Waals surface area contributed by atoms with Gasteiger partial charge in [-0.3, -0.25) is 4.99 Å². The number of nitrogens with one attached hydrogen (secondary N) is 2. The van der Waals surface area contributed by atoms with Crippen molar-refractivity contribution in [2.24, 2.45) is 4.99 Å². The Morgan fingerprint density at radius 2 is 1.96 bits per heavy atom. The average molecular weight is 473 g/mol. The highest BCUT2D eigenvalue weighted by atomic mass is 127. The predicted molar refractivity (Wildman–Crippen MR) is 105 cm³/mol. The number of benzene rings is 1. The summed E-state index contributed by atoms with van der Waals surface area (Å²) in [4.78, 5) is 4.06. The molecular weight excluding hydrogens is 448 g/mol. The van der Waals surface area contributed by atoms with Crippen molar-refractivity contribution in [1.82, 2.24) is 10.6 Å². The Labute approximate surface area is 160 Å². The van der Waals surface area contributed by atoms with E-state index in [2.05, 4.69) is 15.6 Å². The molecule has 0 aliphatic carbocycles. The Kier molecular flexibility index (Phi) is 11.9. The van der Waals surface area contributed by atoms with E-state index in [-0.39, 0.29) is 42.2 Å². The van der Waals surface area contributed by atoms with E-state index in [0.29, 0.717) is 32.1 Å². The quantitative estimate of drug-likeness (QED) is 0.244. The lowest BCUT2D eigenvalue weighted by Crippen LogP contribution is -2.39. The molecule has 9 heteroatoms. The number of hydrogen-bond acceptors (Lipinski definition) is 4. The summed E-state index contributed by atoms with van der Waals surface area (Å²) in [6, 6.07) is 6.48. The second-order valence-corrected chi connectivity index (χ2v) is 7.31. The predicted octanol–water partition coefficient (Wildman–Crippen LogP) is 1.21. The molecule has 0 saturated heterocycles. The summed E-state index contributed by atoms with van der Waals surface area (Å²) in [5, 5.41) is 6.17. The van der Waals surface area contributed by atoms with Gasteiger partial charge in [0.05, 0.1) is 19.0 Å². The molecule has 0 atom stereocenters. The number of sulfone groups is 1. The third-order valence-corrected chi connectivity index (χ3v) is 3.86. The van der Waals surface area contributed by atoms with Crippen LogP contribution in [-0.4, -0.2) is 59.7 Å². The zero-order valence-electron chi connectivity index (χ0n) is 13.9. The fraction of sp³-hybridized carbons (Fsp3) is 0.533. The Morgan fingerprint density at radius 3 is 2.58 bits per heavy atom. The van der Waals surface area contributed by atoms with E-state index in [9.17, 15) is 12.8 Å². The van der Waals surface area contributed by atoms with Crippen molar-refractivity contribution < 1.29 is 17.5 Å². The van der Waals surface area contributed by atoms with Gasteiger partial charge in [-0.1, -0.05) is 12.1 Å². The summed E-state index contributed by atoms with van der Waals surface area (Å²) in [5.41, 5.74) is 0.914. The topological polar surface area (TPSA) is 79.8 Å². The van der Waals surface area contributed by atoms with Crippen LogP contribution in [0.15, 0.2) is 29.3 Å². The van der Waals surface area contributed by atoms with Gasteiger partial charge in [0.1, 0.15) is 15.7 Å². The van der Waals surface area contributed by atoms with Gasteiger partial charge in [-0.25, -0.2) is 12.8 Å². The molecule has 0 fully saturated rings. The minimum Gasteiger partial charge on any atom is -0.379 e. The first kappa shape index (κ1) is 23.1. The highest BCUT2D eigenvalue weighted by Gasteiger charge is 2.02. The number of halogens is 2. The van der Waals surface area contributed by atoms with Crippen LogP contribution in [0.25, 0.3) is 0 Å². The van der Waals surface area contributed by atoms with Gasteiger partial charge in [0.25, 0.3) is 0 Å². The molecule has 138 valence electrons. The largest absolute Gasteiger partial charge is 0.379 e. The van der Waals surface area contributed by atoms with Crippen molar-refractivity contribution in [3.05, 3.63) is 35.6 Å². The van der Waals surface area contributed by atoms with Crippen molar-refractivity contribution in [2.45, 2.75) is 6.42 Å². The maximum Gasteiger partial charge on any atom is 0.191 e. The molecule has 1 aromatic rings. The van der Waals surface area contributed by atoms with Gasteiger partial charge in [-0.15, -0.1) is 24.0 Å². The number of hydrogen-bond donors (Lipinski definition) is 2. The molecule has 0 amide bonds. The Balaban J connectivity index is 0.00000529. The molecule has 0 radical (unpaired) electrons. The molecule has 0 aliphatic heterocycles. The molecule has 1 aromatic carbocycles. The summed E-state index contributed by atoms with van der Waals surface area (Å²) in [6.45, 7) is 1.72.